The highest BCUT2D eigenvalue weighted by atomic mass is 32.1. The number of thiophene rings is 1. The second-order valence-electron chi connectivity index (χ2n) is 12.5. The van der Waals surface area contributed by atoms with Gasteiger partial charge < -0.3 is 0 Å². The lowest BCUT2D eigenvalue weighted by Gasteiger charge is -2.16. The Bertz CT molecular complexity index is 2810. The van der Waals surface area contributed by atoms with E-state index in [0.717, 1.165) is 33.9 Å². The van der Waals surface area contributed by atoms with Gasteiger partial charge in [-0.1, -0.05) is 146 Å². The molecule has 0 bridgehead atoms. The third-order valence-corrected chi connectivity index (χ3v) is 10.8. The Morgan fingerprint density at radius 1 is 0.327 bits per heavy atom. The molecule has 2 nitrogen and oxygen atoms in total. The molecule has 2 aromatic heterocycles. The molecule has 0 aliphatic rings. The highest BCUT2D eigenvalue weighted by Crippen LogP contribution is 2.43. The number of hydrogen-bond acceptors (Lipinski definition) is 3. The highest BCUT2D eigenvalue weighted by Gasteiger charge is 2.17. The summed E-state index contributed by atoms with van der Waals surface area (Å²) in [5, 5.41) is 10.0. The first-order valence-corrected chi connectivity index (χ1v) is 17.4. The van der Waals surface area contributed by atoms with Crippen molar-refractivity contribution in [2.24, 2.45) is 0 Å². The van der Waals surface area contributed by atoms with Gasteiger partial charge in [0.1, 0.15) is 0 Å². The first kappa shape index (κ1) is 27.9. The maximum Gasteiger partial charge on any atom is 0.160 e. The second kappa shape index (κ2) is 11.2. The van der Waals surface area contributed by atoms with Crippen molar-refractivity contribution in [1.82, 2.24) is 9.97 Å². The molecule has 0 spiro atoms. The van der Waals surface area contributed by atoms with Crippen molar-refractivity contribution in [3.63, 3.8) is 0 Å². The van der Waals surface area contributed by atoms with Gasteiger partial charge in [0.05, 0.1) is 11.4 Å². The molecular weight excluding hydrogens is 613 g/mol. The topological polar surface area (TPSA) is 25.8 Å². The lowest BCUT2D eigenvalue weighted by Crippen LogP contribution is -1.96. The first-order valence-electron chi connectivity index (χ1n) is 16.6. The number of hydrogen-bond donors (Lipinski definition) is 0. The fourth-order valence-electron chi connectivity index (χ4n) is 7.36. The minimum absolute atomic E-state index is 0.720. The van der Waals surface area contributed by atoms with Crippen LogP contribution in [0.3, 0.4) is 0 Å². The van der Waals surface area contributed by atoms with Crippen LogP contribution in [0.15, 0.2) is 170 Å². The Labute approximate surface area is 287 Å². The van der Waals surface area contributed by atoms with Crippen molar-refractivity contribution in [2.45, 2.75) is 0 Å². The van der Waals surface area contributed by atoms with E-state index in [1.165, 1.54) is 63.6 Å². The molecule has 10 aromatic rings. The third-order valence-electron chi connectivity index (χ3n) is 9.68. The quantitative estimate of drug-likeness (QED) is 0.179. The molecular formula is C46H28N2S. The minimum Gasteiger partial charge on any atom is -0.228 e. The predicted octanol–water partition coefficient (Wildman–Crippen LogP) is 13.0. The number of aromatic nitrogens is 2. The zero-order chi connectivity index (χ0) is 32.3. The maximum atomic E-state index is 5.24. The summed E-state index contributed by atoms with van der Waals surface area (Å²) in [5.74, 6) is 0.720. The zero-order valence-electron chi connectivity index (χ0n) is 26.5. The van der Waals surface area contributed by atoms with Gasteiger partial charge in [-0.3, -0.25) is 0 Å². The van der Waals surface area contributed by atoms with Gasteiger partial charge in [0.2, 0.25) is 0 Å². The van der Waals surface area contributed by atoms with Crippen LogP contribution in [0.4, 0.5) is 0 Å². The van der Waals surface area contributed by atoms with Gasteiger partial charge in [-0.25, -0.2) is 9.97 Å². The Balaban J connectivity index is 1.23. The molecule has 0 saturated heterocycles. The maximum absolute atomic E-state index is 5.24. The molecule has 228 valence electrons. The van der Waals surface area contributed by atoms with Crippen molar-refractivity contribution in [1.29, 1.82) is 0 Å². The first-order chi connectivity index (χ1) is 24.3. The molecule has 2 heterocycles. The van der Waals surface area contributed by atoms with Gasteiger partial charge in [0, 0.05) is 36.9 Å². The average Bonchev–Trinajstić information content (AvgIpc) is 3.56. The van der Waals surface area contributed by atoms with Crippen molar-refractivity contribution in [3.8, 4) is 45.0 Å². The lowest BCUT2D eigenvalue weighted by atomic mass is 9.89. The molecule has 0 unspecified atom stereocenters. The normalized spacial score (nSPS) is 11.7. The van der Waals surface area contributed by atoms with E-state index in [1.807, 2.05) is 35.6 Å². The summed E-state index contributed by atoms with van der Waals surface area (Å²) in [6, 6.07) is 60.8. The van der Waals surface area contributed by atoms with E-state index in [0.29, 0.717) is 0 Å². The average molecular weight is 641 g/mol. The lowest BCUT2D eigenvalue weighted by molar-refractivity contribution is 1.19. The Hall–Kier alpha value is -6.16. The van der Waals surface area contributed by atoms with E-state index in [4.69, 9.17) is 9.97 Å². The molecule has 0 radical (unpaired) electrons. The van der Waals surface area contributed by atoms with Crippen LogP contribution in [0.2, 0.25) is 0 Å². The Kier molecular flexibility index (Phi) is 6.39. The summed E-state index contributed by atoms with van der Waals surface area (Å²) in [5.41, 5.74) is 7.43. The van der Waals surface area contributed by atoms with Gasteiger partial charge >= 0.3 is 0 Å². The Morgan fingerprint density at radius 3 is 1.69 bits per heavy atom. The van der Waals surface area contributed by atoms with Crippen LogP contribution in [0, 0.1) is 0 Å². The zero-order valence-corrected chi connectivity index (χ0v) is 27.3. The minimum atomic E-state index is 0.720. The van der Waals surface area contributed by atoms with Crippen molar-refractivity contribution in [3.05, 3.63) is 170 Å². The fraction of sp³-hybridized carbons (Fsp3) is 0. The number of nitrogens with zero attached hydrogens (tertiary/aromatic N) is 2. The van der Waals surface area contributed by atoms with E-state index in [1.54, 1.807) is 0 Å². The molecule has 10 rings (SSSR count). The van der Waals surface area contributed by atoms with Gasteiger partial charge in [-0.15, -0.1) is 11.3 Å². The van der Waals surface area contributed by atoms with Crippen LogP contribution in [0.1, 0.15) is 0 Å². The van der Waals surface area contributed by atoms with E-state index in [2.05, 4.69) is 146 Å². The summed E-state index contributed by atoms with van der Waals surface area (Å²) < 4.78 is 2.64. The third kappa shape index (κ3) is 4.62. The van der Waals surface area contributed by atoms with E-state index >= 15 is 0 Å². The molecule has 8 aromatic carbocycles. The van der Waals surface area contributed by atoms with Crippen LogP contribution in [0.25, 0.3) is 97.5 Å². The summed E-state index contributed by atoms with van der Waals surface area (Å²) in [6.07, 6.45) is 0. The van der Waals surface area contributed by atoms with Crippen molar-refractivity contribution < 1.29 is 0 Å². The standard InChI is InChI=1S/C46H28N2S/c1-3-12-29(13-4-1)41-28-42(48-46(47-41)30-14-5-2-6-15-30)39-20-11-19-37-33-16-7-8-17-34(33)40-26-31(23-25-38(40)45(37)39)32-22-24-36-35-18-9-10-21-43(35)49-44(36)27-32/h1-28H. The van der Waals surface area contributed by atoms with Gasteiger partial charge in [0.15, 0.2) is 5.82 Å². The molecule has 0 atom stereocenters. The van der Waals surface area contributed by atoms with Crippen LogP contribution in [-0.2, 0) is 0 Å². The van der Waals surface area contributed by atoms with Gasteiger partial charge in [0.25, 0.3) is 0 Å². The summed E-state index contributed by atoms with van der Waals surface area (Å²) in [4.78, 5) is 10.3. The van der Waals surface area contributed by atoms with Crippen LogP contribution in [-0.4, -0.2) is 9.97 Å². The predicted molar refractivity (Wildman–Crippen MR) is 209 cm³/mol. The van der Waals surface area contributed by atoms with E-state index in [-0.39, 0.29) is 0 Å². The fourth-order valence-corrected chi connectivity index (χ4v) is 8.51. The van der Waals surface area contributed by atoms with Crippen LogP contribution < -0.4 is 0 Å². The Morgan fingerprint density at radius 2 is 0.898 bits per heavy atom. The smallest absolute Gasteiger partial charge is 0.160 e. The second-order valence-corrected chi connectivity index (χ2v) is 13.6. The van der Waals surface area contributed by atoms with Gasteiger partial charge in [-0.2, -0.15) is 0 Å². The highest BCUT2D eigenvalue weighted by molar-refractivity contribution is 7.25. The molecule has 0 aliphatic carbocycles. The number of rotatable bonds is 4. The van der Waals surface area contributed by atoms with Crippen LogP contribution in [0.5, 0.6) is 0 Å². The summed E-state index contributed by atoms with van der Waals surface area (Å²) in [6.45, 7) is 0. The molecule has 0 N–H and O–H groups in total. The van der Waals surface area contributed by atoms with Crippen molar-refractivity contribution >= 4 is 63.8 Å². The monoisotopic (exact) mass is 640 g/mol. The van der Waals surface area contributed by atoms with E-state index in [9.17, 15) is 0 Å². The van der Waals surface area contributed by atoms with Crippen LogP contribution >= 0.6 is 11.3 Å². The van der Waals surface area contributed by atoms with E-state index < -0.39 is 0 Å². The summed E-state index contributed by atoms with van der Waals surface area (Å²) >= 11 is 1.87. The molecule has 0 aliphatic heterocycles. The SMILES string of the molecule is c1ccc(-c2cc(-c3cccc4c5ccccc5c5cc(-c6ccc7c(c6)sc6ccccc67)ccc5c34)nc(-c3ccccc3)n2)cc1. The summed E-state index contributed by atoms with van der Waals surface area (Å²) in [7, 11) is 0. The molecule has 0 amide bonds. The van der Waals surface area contributed by atoms with Gasteiger partial charge in [-0.05, 0) is 67.7 Å². The van der Waals surface area contributed by atoms with Crippen molar-refractivity contribution in [2.75, 3.05) is 0 Å². The number of benzene rings is 8. The molecule has 0 fully saturated rings. The largest absolute Gasteiger partial charge is 0.228 e. The number of fused-ring (bicyclic) bond motifs is 9. The molecule has 0 saturated carbocycles. The molecule has 3 heteroatoms. The molecule has 49 heavy (non-hydrogen) atoms.